The molecule has 36 heavy (non-hydrogen) atoms. The highest BCUT2D eigenvalue weighted by molar-refractivity contribution is 5.44. The van der Waals surface area contributed by atoms with Crippen LogP contribution in [0.2, 0.25) is 0 Å². The fourth-order valence-corrected chi connectivity index (χ4v) is 5.66. The lowest BCUT2D eigenvalue weighted by Gasteiger charge is -2.74. The second-order valence-electron chi connectivity index (χ2n) is 9.67. The van der Waals surface area contributed by atoms with Crippen molar-refractivity contribution in [2.24, 2.45) is 5.41 Å². The smallest absolute Gasteiger partial charge is 0.422 e. The molecular weight excluding hydrogens is 495 g/mol. The maximum Gasteiger partial charge on any atom is 0.422 e. The van der Waals surface area contributed by atoms with Gasteiger partial charge in [-0.1, -0.05) is 12.1 Å². The van der Waals surface area contributed by atoms with E-state index in [0.717, 1.165) is 29.5 Å². The van der Waals surface area contributed by atoms with Gasteiger partial charge in [0.25, 0.3) is 5.92 Å². The van der Waals surface area contributed by atoms with E-state index < -0.39 is 58.9 Å². The van der Waals surface area contributed by atoms with Crippen molar-refractivity contribution < 1.29 is 40.6 Å². The van der Waals surface area contributed by atoms with E-state index in [1.807, 2.05) is 0 Å². The van der Waals surface area contributed by atoms with Gasteiger partial charge in [0.2, 0.25) is 0 Å². The monoisotopic (exact) mass is 515 g/mol. The molecule has 3 aromatic rings. The van der Waals surface area contributed by atoms with Crippen LogP contribution in [0.4, 0.5) is 30.7 Å². The van der Waals surface area contributed by atoms with E-state index in [4.69, 9.17) is 0 Å². The molecule has 1 heterocycles. The molecule has 0 spiro atoms. The number of nitrogens with zero attached hydrogens (tertiary/aromatic N) is 3. The lowest BCUT2D eigenvalue weighted by Crippen LogP contribution is -2.76. The lowest BCUT2D eigenvalue weighted by molar-refractivity contribution is -0.347. The molecule has 12 heteroatoms. The first kappa shape index (κ1) is 24.5. The van der Waals surface area contributed by atoms with Crippen molar-refractivity contribution >= 4 is 0 Å². The van der Waals surface area contributed by atoms with E-state index in [-0.39, 0.29) is 25.0 Å². The number of hydrogen-bond acceptors (Lipinski definition) is 4. The van der Waals surface area contributed by atoms with Crippen molar-refractivity contribution in [3.8, 4) is 5.75 Å². The Morgan fingerprint density at radius 2 is 1.64 bits per heavy atom. The predicted octanol–water partition coefficient (Wildman–Crippen LogP) is 5.14. The van der Waals surface area contributed by atoms with Crippen LogP contribution in [0, 0.1) is 17.0 Å². The molecule has 0 amide bonds. The normalized spacial score (nSPS) is 25.0. The molecule has 2 aromatic carbocycles. The Labute approximate surface area is 200 Å². The van der Waals surface area contributed by atoms with E-state index >= 15 is 8.78 Å². The van der Waals surface area contributed by atoms with Crippen LogP contribution in [0.5, 0.6) is 5.75 Å². The van der Waals surface area contributed by atoms with Crippen molar-refractivity contribution in [2.75, 3.05) is 6.61 Å². The zero-order chi connectivity index (χ0) is 26.0. The summed E-state index contributed by atoms with van der Waals surface area (Å²) in [4.78, 5) is 3.68. The van der Waals surface area contributed by atoms with E-state index in [2.05, 4.69) is 14.8 Å². The summed E-state index contributed by atoms with van der Waals surface area (Å²) in [5, 5.41) is 15.1. The molecule has 192 valence electrons. The third-order valence-electron chi connectivity index (χ3n) is 7.32. The average molecular weight is 515 g/mol. The van der Waals surface area contributed by atoms with Gasteiger partial charge in [-0.05, 0) is 54.5 Å². The molecule has 3 aliphatic rings. The number of halogens is 7. The van der Waals surface area contributed by atoms with Gasteiger partial charge < -0.3 is 9.84 Å². The van der Waals surface area contributed by atoms with Crippen LogP contribution in [0.1, 0.15) is 30.4 Å². The number of benzene rings is 2. The third-order valence-corrected chi connectivity index (χ3v) is 7.32. The summed E-state index contributed by atoms with van der Waals surface area (Å²) in [5.41, 5.74) is -5.45. The van der Waals surface area contributed by atoms with Crippen LogP contribution in [0.25, 0.3) is 0 Å². The van der Waals surface area contributed by atoms with Crippen molar-refractivity contribution in [3.63, 3.8) is 0 Å². The Morgan fingerprint density at radius 1 is 0.972 bits per heavy atom. The van der Waals surface area contributed by atoms with Gasteiger partial charge in [-0.15, -0.1) is 0 Å². The first-order valence-corrected chi connectivity index (χ1v) is 11.0. The quantitative estimate of drug-likeness (QED) is 0.422. The average Bonchev–Trinajstić information content (AvgIpc) is 3.23. The molecule has 5 nitrogen and oxygen atoms in total. The summed E-state index contributed by atoms with van der Waals surface area (Å²) >= 11 is 0. The highest BCUT2D eigenvalue weighted by Gasteiger charge is 2.82. The highest BCUT2D eigenvalue weighted by atomic mass is 19.4. The molecule has 1 unspecified atom stereocenters. The fourth-order valence-electron chi connectivity index (χ4n) is 5.66. The zero-order valence-corrected chi connectivity index (χ0v) is 18.6. The molecule has 0 saturated heterocycles. The molecule has 1 atom stereocenters. The molecule has 2 bridgehead atoms. The highest BCUT2D eigenvalue weighted by Crippen LogP contribution is 2.80. The minimum absolute atomic E-state index is 0.00305. The summed E-state index contributed by atoms with van der Waals surface area (Å²) in [7, 11) is 0. The predicted molar refractivity (Wildman–Crippen MR) is 111 cm³/mol. The summed E-state index contributed by atoms with van der Waals surface area (Å²) in [6, 6.07) is 7.80. The first-order valence-electron chi connectivity index (χ1n) is 11.0. The fraction of sp³-hybridized carbons (Fsp3) is 0.417. The first-order chi connectivity index (χ1) is 16.8. The molecule has 6 rings (SSSR count). The van der Waals surface area contributed by atoms with Gasteiger partial charge in [-0.25, -0.2) is 27.2 Å². The number of rotatable bonds is 8. The van der Waals surface area contributed by atoms with Gasteiger partial charge in [0, 0.05) is 17.0 Å². The minimum atomic E-state index is -4.49. The van der Waals surface area contributed by atoms with Crippen LogP contribution in [0.15, 0.2) is 55.1 Å². The number of alkyl halides is 5. The van der Waals surface area contributed by atoms with Crippen LogP contribution in [0.3, 0.4) is 0 Å². The van der Waals surface area contributed by atoms with Gasteiger partial charge in [0.05, 0.1) is 6.54 Å². The van der Waals surface area contributed by atoms with Crippen LogP contribution < -0.4 is 4.74 Å². The van der Waals surface area contributed by atoms with Gasteiger partial charge in [0.1, 0.15) is 30.0 Å². The van der Waals surface area contributed by atoms with Crippen LogP contribution >= 0.6 is 0 Å². The Hall–Kier alpha value is -3.15. The minimum Gasteiger partial charge on any atom is -0.484 e. The Morgan fingerprint density at radius 3 is 2.19 bits per heavy atom. The van der Waals surface area contributed by atoms with Gasteiger partial charge in [-0.3, -0.25) is 0 Å². The summed E-state index contributed by atoms with van der Waals surface area (Å²) in [6.07, 6.45) is -2.39. The Kier molecular flexibility index (Phi) is 5.40. The second-order valence-corrected chi connectivity index (χ2v) is 9.67. The zero-order valence-electron chi connectivity index (χ0n) is 18.6. The topological polar surface area (TPSA) is 60.2 Å². The third kappa shape index (κ3) is 3.73. The molecule has 1 aromatic heterocycles. The molecule has 3 fully saturated rings. The molecular formula is C24H20F7N3O2. The van der Waals surface area contributed by atoms with Crippen molar-refractivity contribution in [3.05, 3.63) is 77.9 Å². The molecule has 3 aliphatic carbocycles. The number of ether oxygens (including phenoxy) is 1. The van der Waals surface area contributed by atoms with E-state index in [0.29, 0.717) is 11.6 Å². The molecule has 3 saturated carbocycles. The van der Waals surface area contributed by atoms with E-state index in [1.54, 1.807) is 0 Å². The Bertz CT molecular complexity index is 1240. The summed E-state index contributed by atoms with van der Waals surface area (Å²) in [6.45, 7) is -2.26. The van der Waals surface area contributed by atoms with E-state index in [9.17, 15) is 27.1 Å². The SMILES string of the molecule is OC(Cn1cncn1)(c1ccc(F)cc1F)C(F)(F)C12CC(c3ccc(OCC(F)(F)F)cc3)(C1)C2. The number of aromatic nitrogens is 3. The maximum absolute atomic E-state index is 16.2. The van der Waals surface area contributed by atoms with Crippen LogP contribution in [-0.2, 0) is 17.6 Å². The Balaban J connectivity index is 1.39. The summed E-state index contributed by atoms with van der Waals surface area (Å²) < 4.78 is 103. The van der Waals surface area contributed by atoms with Gasteiger partial charge >= 0.3 is 6.18 Å². The molecule has 1 N–H and O–H groups in total. The number of aliphatic hydroxyl groups is 1. The van der Waals surface area contributed by atoms with Gasteiger partial charge in [0.15, 0.2) is 12.2 Å². The molecule has 0 aliphatic heterocycles. The maximum atomic E-state index is 16.2. The lowest BCUT2D eigenvalue weighted by atomic mass is 9.30. The standard InChI is InChI=1S/C24H20F7N3O2/c25-16-3-6-18(19(26)7-16)22(35,11-34-14-32-13-33-34)24(30,31)21-8-20(9-21,10-21)15-1-4-17(5-2-15)36-12-23(27,28)29/h1-7,13-14,35H,8-12H2. The van der Waals surface area contributed by atoms with Crippen molar-refractivity contribution in [1.82, 2.24) is 14.8 Å². The van der Waals surface area contributed by atoms with Crippen LogP contribution in [-0.4, -0.2) is 38.6 Å². The molecule has 0 radical (unpaired) electrons. The summed E-state index contributed by atoms with van der Waals surface area (Å²) in [5.74, 6) is -6.14. The van der Waals surface area contributed by atoms with E-state index in [1.165, 1.54) is 24.3 Å². The number of hydrogen-bond donors (Lipinski definition) is 1. The van der Waals surface area contributed by atoms with Crippen molar-refractivity contribution in [2.45, 2.75) is 48.9 Å². The van der Waals surface area contributed by atoms with Gasteiger partial charge in [-0.2, -0.15) is 18.3 Å². The van der Waals surface area contributed by atoms with Crippen molar-refractivity contribution in [1.29, 1.82) is 0 Å². The largest absolute Gasteiger partial charge is 0.484 e. The second kappa shape index (κ2) is 7.92.